The quantitative estimate of drug-likeness (QED) is 0.494. The van der Waals surface area contributed by atoms with E-state index in [4.69, 9.17) is 0 Å². The highest BCUT2D eigenvalue weighted by Gasteiger charge is 2.29. The Bertz CT molecular complexity index is 1190. The summed E-state index contributed by atoms with van der Waals surface area (Å²) in [5, 5.41) is 7.92. The molecule has 1 aliphatic heterocycles. The van der Waals surface area contributed by atoms with Crippen LogP contribution in [0.5, 0.6) is 0 Å². The van der Waals surface area contributed by atoms with Crippen LogP contribution >= 0.6 is 0 Å². The van der Waals surface area contributed by atoms with Gasteiger partial charge in [0.25, 0.3) is 0 Å². The number of rotatable bonds is 3. The molecule has 2 aromatic heterocycles. The second-order valence-corrected chi connectivity index (χ2v) is 7.66. The van der Waals surface area contributed by atoms with Crippen molar-refractivity contribution in [3.63, 3.8) is 0 Å². The Labute approximate surface area is 182 Å². The molecule has 1 amide bonds. The molecule has 3 heterocycles. The number of nitrogens with zero attached hydrogens (tertiary/aromatic N) is 6. The summed E-state index contributed by atoms with van der Waals surface area (Å²) in [7, 11) is 0. The lowest BCUT2D eigenvalue weighted by atomic mass is 9.96. The SMILES string of the molecule is O=C(N1CCN(C(c2ccc(F)cc2)c2ccc(F)cc2)CC1)n1nnc2ncccc21. The van der Waals surface area contributed by atoms with E-state index in [1.54, 1.807) is 47.5 Å². The molecule has 5 rings (SSSR count). The van der Waals surface area contributed by atoms with Gasteiger partial charge in [0.2, 0.25) is 5.65 Å². The maximum absolute atomic E-state index is 13.5. The molecule has 0 spiro atoms. The maximum Gasteiger partial charge on any atom is 0.346 e. The smallest absolute Gasteiger partial charge is 0.320 e. The molecule has 0 aliphatic carbocycles. The molecule has 7 nitrogen and oxygen atoms in total. The topological polar surface area (TPSA) is 67.2 Å². The van der Waals surface area contributed by atoms with E-state index >= 15 is 0 Å². The average Bonchev–Trinajstić information content (AvgIpc) is 3.26. The molecule has 162 valence electrons. The average molecular weight is 434 g/mol. The van der Waals surface area contributed by atoms with E-state index < -0.39 is 0 Å². The number of aromatic nitrogens is 4. The third-order valence-electron chi connectivity index (χ3n) is 5.73. The third-order valence-corrected chi connectivity index (χ3v) is 5.73. The predicted molar refractivity (Wildman–Crippen MR) is 114 cm³/mol. The van der Waals surface area contributed by atoms with Crippen LogP contribution in [0.15, 0.2) is 66.9 Å². The predicted octanol–water partition coefficient (Wildman–Crippen LogP) is 3.48. The summed E-state index contributed by atoms with van der Waals surface area (Å²) in [5.41, 5.74) is 2.81. The van der Waals surface area contributed by atoms with Gasteiger partial charge in [-0.2, -0.15) is 4.68 Å². The third kappa shape index (κ3) is 3.82. The van der Waals surface area contributed by atoms with Crippen LogP contribution in [0.3, 0.4) is 0 Å². The maximum atomic E-state index is 13.5. The summed E-state index contributed by atoms with van der Waals surface area (Å²) in [4.78, 5) is 21.1. The van der Waals surface area contributed by atoms with Gasteiger partial charge in [-0.25, -0.2) is 18.6 Å². The van der Waals surface area contributed by atoms with Gasteiger partial charge < -0.3 is 4.90 Å². The van der Waals surface area contributed by atoms with Crippen molar-refractivity contribution < 1.29 is 13.6 Å². The van der Waals surface area contributed by atoms with Crippen LogP contribution in [-0.2, 0) is 0 Å². The molecule has 0 atom stereocenters. The van der Waals surface area contributed by atoms with E-state index in [1.165, 1.54) is 28.9 Å². The Kier molecular flexibility index (Phi) is 5.32. The number of hydrogen-bond acceptors (Lipinski definition) is 5. The molecule has 1 fully saturated rings. The van der Waals surface area contributed by atoms with Crippen LogP contribution in [0.4, 0.5) is 13.6 Å². The number of benzene rings is 2. The first kappa shape index (κ1) is 20.2. The molecule has 1 aliphatic rings. The number of hydrogen-bond donors (Lipinski definition) is 0. The van der Waals surface area contributed by atoms with Gasteiger partial charge in [0.1, 0.15) is 17.2 Å². The summed E-state index contributed by atoms with van der Waals surface area (Å²) >= 11 is 0. The van der Waals surface area contributed by atoms with Crippen LogP contribution in [-0.4, -0.2) is 62.0 Å². The monoisotopic (exact) mass is 434 g/mol. The number of amides is 1. The highest BCUT2D eigenvalue weighted by atomic mass is 19.1. The number of piperazine rings is 1. The van der Waals surface area contributed by atoms with Gasteiger partial charge in [0, 0.05) is 32.4 Å². The van der Waals surface area contributed by atoms with Crippen molar-refractivity contribution in [2.75, 3.05) is 26.2 Å². The van der Waals surface area contributed by atoms with Crippen LogP contribution in [0.1, 0.15) is 17.2 Å². The fourth-order valence-electron chi connectivity index (χ4n) is 4.12. The highest BCUT2D eigenvalue weighted by molar-refractivity contribution is 5.86. The van der Waals surface area contributed by atoms with Gasteiger partial charge in [-0.05, 0) is 47.5 Å². The van der Waals surface area contributed by atoms with E-state index in [0.29, 0.717) is 37.3 Å². The number of carbonyl (C=O) groups excluding carboxylic acids is 1. The van der Waals surface area contributed by atoms with Gasteiger partial charge in [-0.15, -0.1) is 5.10 Å². The van der Waals surface area contributed by atoms with Crippen molar-refractivity contribution in [3.8, 4) is 0 Å². The van der Waals surface area contributed by atoms with Crippen molar-refractivity contribution in [2.24, 2.45) is 0 Å². The first-order valence-electron chi connectivity index (χ1n) is 10.3. The Morgan fingerprint density at radius 1 is 0.844 bits per heavy atom. The van der Waals surface area contributed by atoms with Crippen LogP contribution in [0.2, 0.25) is 0 Å². The molecule has 32 heavy (non-hydrogen) atoms. The molecule has 4 aromatic rings. The van der Waals surface area contributed by atoms with Crippen molar-refractivity contribution in [2.45, 2.75) is 6.04 Å². The van der Waals surface area contributed by atoms with Gasteiger partial charge in [0.05, 0.1) is 6.04 Å². The first-order valence-corrected chi connectivity index (χ1v) is 10.3. The Morgan fingerprint density at radius 3 is 2.03 bits per heavy atom. The van der Waals surface area contributed by atoms with Gasteiger partial charge >= 0.3 is 6.03 Å². The molecule has 0 N–H and O–H groups in total. The summed E-state index contributed by atoms with van der Waals surface area (Å²) in [6, 6.07) is 15.8. The van der Waals surface area contributed by atoms with E-state index in [1.807, 2.05) is 0 Å². The summed E-state index contributed by atoms with van der Waals surface area (Å²) in [5.74, 6) is -0.617. The minimum atomic E-state index is -0.309. The number of fused-ring (bicyclic) bond motifs is 1. The fourth-order valence-corrected chi connectivity index (χ4v) is 4.12. The molecule has 0 radical (unpaired) electrons. The van der Waals surface area contributed by atoms with E-state index in [9.17, 15) is 13.6 Å². The van der Waals surface area contributed by atoms with Crippen LogP contribution in [0, 0.1) is 11.6 Å². The molecular weight excluding hydrogens is 414 g/mol. The largest absolute Gasteiger partial charge is 0.346 e. The Hall–Kier alpha value is -3.72. The number of halogens is 2. The Balaban J connectivity index is 1.37. The van der Waals surface area contributed by atoms with Gasteiger partial charge in [-0.3, -0.25) is 4.90 Å². The molecule has 0 bridgehead atoms. The normalized spacial score (nSPS) is 14.9. The van der Waals surface area contributed by atoms with E-state index in [-0.39, 0.29) is 23.7 Å². The van der Waals surface area contributed by atoms with Gasteiger partial charge in [0.15, 0.2) is 0 Å². The van der Waals surface area contributed by atoms with Crippen molar-refractivity contribution >= 4 is 17.2 Å². The van der Waals surface area contributed by atoms with Crippen molar-refractivity contribution in [1.29, 1.82) is 0 Å². The standard InChI is InChI=1S/C23H20F2N6O/c24-18-7-3-16(4-8-18)21(17-5-9-19(25)10-6-17)29-12-14-30(15-13-29)23(32)31-20-2-1-11-26-22(20)27-28-31/h1-11,21H,12-15H2. The molecule has 0 saturated carbocycles. The van der Waals surface area contributed by atoms with Crippen LogP contribution < -0.4 is 0 Å². The lowest BCUT2D eigenvalue weighted by Crippen LogP contribution is -2.51. The first-order chi connectivity index (χ1) is 15.6. The summed E-state index contributed by atoms with van der Waals surface area (Å²) in [6.07, 6.45) is 1.61. The molecule has 0 unspecified atom stereocenters. The second-order valence-electron chi connectivity index (χ2n) is 7.66. The Morgan fingerprint density at radius 2 is 1.44 bits per heavy atom. The second kappa shape index (κ2) is 8.43. The van der Waals surface area contributed by atoms with Gasteiger partial charge in [-0.1, -0.05) is 29.5 Å². The lowest BCUT2D eigenvalue weighted by molar-refractivity contribution is 0.120. The summed E-state index contributed by atoms with van der Waals surface area (Å²) in [6.45, 7) is 2.16. The zero-order chi connectivity index (χ0) is 22.1. The van der Waals surface area contributed by atoms with Crippen molar-refractivity contribution in [1.82, 2.24) is 29.8 Å². The molecule has 1 saturated heterocycles. The molecule has 9 heteroatoms. The minimum Gasteiger partial charge on any atom is -0.320 e. The van der Waals surface area contributed by atoms with E-state index in [2.05, 4.69) is 20.2 Å². The zero-order valence-electron chi connectivity index (χ0n) is 17.1. The lowest BCUT2D eigenvalue weighted by Gasteiger charge is -2.39. The fraction of sp³-hybridized carbons (Fsp3) is 0.217. The van der Waals surface area contributed by atoms with Crippen LogP contribution in [0.25, 0.3) is 11.2 Å². The van der Waals surface area contributed by atoms with Crippen molar-refractivity contribution in [3.05, 3.63) is 89.6 Å². The molecule has 2 aromatic carbocycles. The highest BCUT2D eigenvalue weighted by Crippen LogP contribution is 2.30. The number of carbonyl (C=O) groups is 1. The minimum absolute atomic E-state index is 0.176. The van der Waals surface area contributed by atoms with E-state index in [0.717, 1.165) is 11.1 Å². The summed E-state index contributed by atoms with van der Waals surface area (Å²) < 4.78 is 28.3. The zero-order valence-corrected chi connectivity index (χ0v) is 17.1. The number of pyridine rings is 1. The molecular formula is C23H20F2N6O.